The number of carboxylic acids is 2. The minimum atomic E-state index is -2.10. The molecule has 20 heteroatoms. The SMILES string of the molecule is CC(C)[C@H](NC(=O)OCC1c2ccccc2-c2ccccc21)C(=O)N(CC(=O)O)CC1CCCCC1.CC(C)[C@H](NC(=O)OCC1c2ccccc2-c2ccccc21)C(=O)N(CC(=O)O[Si](C)(C)C)CC1CCCCC1.CC(C)[C@H](NC(=O)OCC1c2ccccc2-c2ccccc21)C(=O)O. The average molecular weight is 1400 g/mol. The summed E-state index contributed by atoms with van der Waals surface area (Å²) in [6, 6.07) is 46.1. The summed E-state index contributed by atoms with van der Waals surface area (Å²) in [5, 5.41) is 26.6. The second-order valence-electron chi connectivity index (χ2n) is 29.3. The van der Waals surface area contributed by atoms with E-state index in [4.69, 9.17) is 23.7 Å². The lowest BCUT2D eigenvalue weighted by Crippen LogP contribution is -2.54. The van der Waals surface area contributed by atoms with Crippen LogP contribution in [0.25, 0.3) is 33.4 Å². The number of nitrogens with zero attached hydrogens (tertiary/aromatic N) is 2. The van der Waals surface area contributed by atoms with E-state index >= 15 is 0 Å². The Bertz CT molecular complexity index is 3740. The summed E-state index contributed by atoms with van der Waals surface area (Å²) in [6.07, 6.45) is 8.94. The molecule has 0 radical (unpaired) electrons. The lowest BCUT2D eigenvalue weighted by atomic mass is 9.88. The van der Waals surface area contributed by atoms with Crippen LogP contribution in [0.3, 0.4) is 0 Å². The fraction of sp³-hybridized carbons (Fsp3) is 0.457. The third-order valence-corrected chi connectivity index (χ3v) is 20.6. The lowest BCUT2D eigenvalue weighted by molar-refractivity contribution is -0.146. The van der Waals surface area contributed by atoms with Crippen molar-refractivity contribution in [2.75, 3.05) is 46.0 Å². The van der Waals surface area contributed by atoms with Crippen molar-refractivity contribution in [1.29, 1.82) is 0 Å². The van der Waals surface area contributed by atoms with Crippen molar-refractivity contribution in [2.45, 2.75) is 161 Å². The number of carboxylic acid groups (broad SMARTS) is 2. The van der Waals surface area contributed by atoms with E-state index in [1.807, 2.05) is 132 Å². The van der Waals surface area contributed by atoms with Crippen LogP contribution in [-0.2, 0) is 42.6 Å². The summed E-state index contributed by atoms with van der Waals surface area (Å²) < 4.78 is 22.4. The molecule has 0 saturated heterocycles. The first kappa shape index (κ1) is 75.9. The molecule has 0 bridgehead atoms. The normalized spacial score (nSPS) is 15.6. The van der Waals surface area contributed by atoms with Crippen molar-refractivity contribution in [2.24, 2.45) is 29.6 Å². The van der Waals surface area contributed by atoms with Gasteiger partial charge in [-0.3, -0.25) is 19.2 Å². The summed E-state index contributed by atoms with van der Waals surface area (Å²) in [4.78, 5) is 104. The molecule has 0 aromatic heterocycles. The Morgan fingerprint density at radius 1 is 0.406 bits per heavy atom. The second-order valence-corrected chi connectivity index (χ2v) is 33.8. The van der Waals surface area contributed by atoms with Gasteiger partial charge in [-0.25, -0.2) is 19.2 Å². The fourth-order valence-electron chi connectivity index (χ4n) is 14.8. The van der Waals surface area contributed by atoms with Gasteiger partial charge in [0, 0.05) is 30.8 Å². The van der Waals surface area contributed by atoms with Crippen molar-refractivity contribution < 1.29 is 67.2 Å². The first-order chi connectivity index (χ1) is 48.4. The summed E-state index contributed by atoms with van der Waals surface area (Å²) in [5.74, 6) is -3.30. The number of carbonyl (C=O) groups is 8. The largest absolute Gasteiger partial charge is 0.519 e. The molecule has 6 aromatic rings. The smallest absolute Gasteiger partial charge is 0.407 e. The quantitative estimate of drug-likeness (QED) is 0.0279. The maximum absolute atomic E-state index is 13.8. The predicted octanol–water partition coefficient (Wildman–Crippen LogP) is 15.0. The lowest BCUT2D eigenvalue weighted by Gasteiger charge is -2.33. The van der Waals surface area contributed by atoms with Crippen LogP contribution in [0.4, 0.5) is 14.4 Å². The molecular weight excluding hydrogens is 1290 g/mol. The highest BCUT2D eigenvalue weighted by atomic mass is 28.4. The molecule has 0 heterocycles. The van der Waals surface area contributed by atoms with Gasteiger partial charge < -0.3 is 54.6 Å². The zero-order valence-electron chi connectivity index (χ0n) is 59.9. The van der Waals surface area contributed by atoms with Crippen LogP contribution in [0, 0.1) is 29.6 Å². The molecular formula is C81H101N5O14Si. The van der Waals surface area contributed by atoms with E-state index in [9.17, 15) is 43.5 Å². The van der Waals surface area contributed by atoms with E-state index in [1.54, 1.807) is 18.7 Å². The molecule has 11 rings (SSSR count). The molecule has 5 N–H and O–H groups in total. The number of alkyl carbamates (subject to hydrolysis) is 3. The minimum Gasteiger partial charge on any atom is -0.519 e. The number of carbonyl (C=O) groups excluding carboxylic acids is 6. The van der Waals surface area contributed by atoms with Gasteiger partial charge in [0.25, 0.3) is 0 Å². The van der Waals surface area contributed by atoms with Crippen molar-refractivity contribution in [1.82, 2.24) is 25.8 Å². The molecule has 19 nitrogen and oxygen atoms in total. The van der Waals surface area contributed by atoms with Crippen LogP contribution in [0.5, 0.6) is 0 Å². The molecule has 538 valence electrons. The van der Waals surface area contributed by atoms with Crippen molar-refractivity contribution in [3.63, 3.8) is 0 Å². The molecule has 5 aliphatic carbocycles. The van der Waals surface area contributed by atoms with E-state index in [-0.39, 0.29) is 86.2 Å². The maximum atomic E-state index is 13.8. The Kier molecular flexibility index (Phi) is 26.6. The molecule has 2 saturated carbocycles. The van der Waals surface area contributed by atoms with Crippen molar-refractivity contribution in [3.05, 3.63) is 179 Å². The average Bonchev–Trinajstić information content (AvgIpc) is 1.63. The molecule has 5 amide bonds. The first-order valence-corrected chi connectivity index (χ1v) is 39.4. The molecule has 101 heavy (non-hydrogen) atoms. The van der Waals surface area contributed by atoms with E-state index in [0.717, 1.165) is 118 Å². The van der Waals surface area contributed by atoms with Gasteiger partial charge in [-0.05, 0) is 142 Å². The van der Waals surface area contributed by atoms with Gasteiger partial charge in [-0.15, -0.1) is 0 Å². The van der Waals surface area contributed by atoms with E-state index in [2.05, 4.69) is 76.6 Å². The Hall–Kier alpha value is -9.30. The number of amides is 5. The molecule has 0 spiro atoms. The molecule has 5 aliphatic rings. The standard InChI is InChI=1S/C32H44N2O5Si.C29H36N2O5.C20H21NO4/c1-22(2)30(31(36)34(19-23-13-7-6-8-14-23)20-29(35)39-40(3,4)5)33-32(37)38-21-28-26-17-11-9-15-24(26)25-16-10-12-18-27(25)28;1-19(2)27(28(34)31(17-26(32)33)16-20-10-4-3-5-11-20)30-29(35)36-18-25-23-14-8-6-12-21(23)22-13-7-9-15-24(22)25;1-12(2)18(19(22)23)21-20(24)25-11-17-15-9-5-3-7-13(15)14-8-4-6-10-16(14)17/h9-12,15-18,22-23,28,30H,6-8,13-14,19-21H2,1-5H3,(H,33,37);6-9,12-15,19-20,25,27H,3-5,10-11,16-18H2,1-2H3,(H,30,35)(H,32,33);3-10,12,17-18H,11H2,1-2H3,(H,21,24)(H,22,23)/t30-;27-;18-/m000/s1. The number of benzene rings is 6. The highest BCUT2D eigenvalue weighted by Gasteiger charge is 2.38. The van der Waals surface area contributed by atoms with Gasteiger partial charge in [-0.2, -0.15) is 0 Å². The highest BCUT2D eigenvalue weighted by Crippen LogP contribution is 2.47. The fourth-order valence-corrected chi connectivity index (χ4v) is 15.5. The van der Waals surface area contributed by atoms with Crippen LogP contribution in [0.2, 0.25) is 19.6 Å². The molecule has 0 aliphatic heterocycles. The van der Waals surface area contributed by atoms with Crippen LogP contribution in [0.15, 0.2) is 146 Å². The first-order valence-electron chi connectivity index (χ1n) is 36.0. The van der Waals surface area contributed by atoms with Gasteiger partial charge in [0.2, 0.25) is 20.1 Å². The van der Waals surface area contributed by atoms with Gasteiger partial charge in [0.05, 0.1) is 0 Å². The topological polar surface area (TPSA) is 257 Å². The number of rotatable bonds is 24. The van der Waals surface area contributed by atoms with Crippen LogP contribution >= 0.6 is 0 Å². The van der Waals surface area contributed by atoms with Crippen molar-refractivity contribution in [3.8, 4) is 33.4 Å². The number of nitrogens with one attached hydrogen (secondary N) is 3. The molecule has 0 unspecified atom stereocenters. The van der Waals surface area contributed by atoms with Crippen LogP contribution in [0.1, 0.15) is 157 Å². The Labute approximate surface area is 595 Å². The van der Waals surface area contributed by atoms with Gasteiger partial charge >= 0.3 is 36.2 Å². The van der Waals surface area contributed by atoms with Crippen LogP contribution in [-0.4, -0.2) is 140 Å². The predicted molar refractivity (Wildman–Crippen MR) is 392 cm³/mol. The summed E-state index contributed by atoms with van der Waals surface area (Å²) in [6.45, 7) is 17.7. The zero-order valence-corrected chi connectivity index (χ0v) is 60.9. The van der Waals surface area contributed by atoms with E-state index < -0.39 is 56.7 Å². The summed E-state index contributed by atoms with van der Waals surface area (Å²) in [5.41, 5.74) is 13.6. The Morgan fingerprint density at radius 3 is 0.931 bits per heavy atom. The monoisotopic (exact) mass is 1400 g/mol. The summed E-state index contributed by atoms with van der Waals surface area (Å²) >= 11 is 0. The Morgan fingerprint density at radius 2 is 0.673 bits per heavy atom. The van der Waals surface area contributed by atoms with E-state index in [1.165, 1.54) is 17.7 Å². The minimum absolute atomic E-state index is 0.0412. The molecule has 3 atom stereocenters. The third kappa shape index (κ3) is 20.0. The summed E-state index contributed by atoms with van der Waals surface area (Å²) in [7, 11) is -2.10. The van der Waals surface area contributed by atoms with Crippen LogP contribution < -0.4 is 16.0 Å². The number of aliphatic carboxylic acids is 2. The maximum Gasteiger partial charge on any atom is 0.407 e. The van der Waals surface area contributed by atoms with E-state index in [0.29, 0.717) is 24.9 Å². The second kappa shape index (κ2) is 35.3. The number of hydrogen-bond acceptors (Lipinski definition) is 12. The number of hydrogen-bond donors (Lipinski definition) is 5. The highest BCUT2D eigenvalue weighted by molar-refractivity contribution is 6.71. The molecule has 2 fully saturated rings. The van der Waals surface area contributed by atoms with Gasteiger partial charge in [0.1, 0.15) is 51.0 Å². The number of ether oxygens (including phenoxy) is 3. The van der Waals surface area contributed by atoms with Crippen molar-refractivity contribution >= 4 is 56.3 Å². The van der Waals surface area contributed by atoms with Gasteiger partial charge in [0.15, 0.2) is 0 Å². The zero-order chi connectivity index (χ0) is 72.5. The van der Waals surface area contributed by atoms with Gasteiger partial charge in [-0.1, -0.05) is 226 Å². The molecule has 6 aromatic carbocycles. The number of fused-ring (bicyclic) bond motifs is 9. The third-order valence-electron chi connectivity index (χ3n) is 19.7. The Balaban J connectivity index is 0.000000181.